The first-order valence-corrected chi connectivity index (χ1v) is 20.0. The second kappa shape index (κ2) is 16.0. The van der Waals surface area contributed by atoms with Crippen LogP contribution in [0.3, 0.4) is 0 Å². The van der Waals surface area contributed by atoms with Crippen molar-refractivity contribution < 1.29 is 33.4 Å². The van der Waals surface area contributed by atoms with E-state index in [4.69, 9.17) is 14.2 Å². The molecule has 11 atom stereocenters. The molecule has 0 unspecified atom stereocenters. The lowest BCUT2D eigenvalue weighted by atomic mass is 9.43. The second-order valence-corrected chi connectivity index (χ2v) is 17.3. The molecule has 0 radical (unpaired) electrons. The van der Waals surface area contributed by atoms with Crippen LogP contribution in [-0.4, -0.2) is 84.7 Å². The van der Waals surface area contributed by atoms with Gasteiger partial charge in [-0.05, 0) is 91.9 Å². The Kier molecular flexibility index (Phi) is 11.9. The van der Waals surface area contributed by atoms with Crippen LogP contribution in [0.2, 0.25) is 0 Å². The summed E-state index contributed by atoms with van der Waals surface area (Å²) < 4.78 is 18.3. The summed E-state index contributed by atoms with van der Waals surface area (Å²) in [7, 11) is 0. The molecule has 286 valence electrons. The number of hydrogen-bond donors (Lipinski definition) is 0. The molecule has 4 saturated carbocycles. The van der Waals surface area contributed by atoms with E-state index in [1.165, 1.54) is 26.3 Å². The number of fused-ring (bicyclic) bond motifs is 5. The van der Waals surface area contributed by atoms with Gasteiger partial charge in [-0.1, -0.05) is 63.3 Å². The topological polar surface area (TPSA) is 102 Å². The third-order valence-corrected chi connectivity index (χ3v) is 14.4. The number of ether oxygens (including phenoxy) is 3. The minimum Gasteiger partial charge on any atom is -0.463 e. The summed E-state index contributed by atoms with van der Waals surface area (Å²) in [6.07, 6.45) is 11.1. The first kappa shape index (κ1) is 38.5. The maximum absolute atomic E-state index is 13.5. The van der Waals surface area contributed by atoms with Crippen LogP contribution < -0.4 is 0 Å². The number of amides is 1. The van der Waals surface area contributed by atoms with Crippen molar-refractivity contribution in [3.05, 3.63) is 42.0 Å². The van der Waals surface area contributed by atoms with Gasteiger partial charge in [0.1, 0.15) is 18.3 Å². The molecule has 0 bridgehead atoms. The summed E-state index contributed by atoms with van der Waals surface area (Å²) in [5.41, 5.74) is 0.881. The molecule has 52 heavy (non-hydrogen) atoms. The number of esters is 3. The monoisotopic (exact) mass is 718 g/mol. The van der Waals surface area contributed by atoms with Crippen molar-refractivity contribution in [3.8, 4) is 0 Å². The Bertz CT molecular complexity index is 1470. The predicted molar refractivity (Wildman–Crippen MR) is 200 cm³/mol. The van der Waals surface area contributed by atoms with E-state index in [-0.39, 0.29) is 88.5 Å². The first-order chi connectivity index (χ1) is 24.8. The molecule has 4 aliphatic carbocycles. The van der Waals surface area contributed by atoms with E-state index in [1.807, 2.05) is 23.1 Å². The lowest BCUT2D eigenvalue weighted by Crippen LogP contribution is -2.63. The van der Waals surface area contributed by atoms with E-state index in [1.54, 1.807) is 0 Å². The normalized spacial score (nSPS) is 36.6. The highest BCUT2D eigenvalue weighted by Gasteiger charge is 2.67. The number of rotatable bonds is 10. The van der Waals surface area contributed by atoms with Crippen molar-refractivity contribution >= 4 is 29.9 Å². The highest BCUT2D eigenvalue weighted by molar-refractivity contribution is 5.76. The van der Waals surface area contributed by atoms with Gasteiger partial charge in [-0.15, -0.1) is 0 Å². The smallest absolute Gasteiger partial charge is 0.302 e. The van der Waals surface area contributed by atoms with E-state index >= 15 is 0 Å². The van der Waals surface area contributed by atoms with Crippen LogP contribution in [0.5, 0.6) is 0 Å². The highest BCUT2D eigenvalue weighted by Crippen LogP contribution is 2.69. The Morgan fingerprint density at radius 1 is 0.846 bits per heavy atom. The lowest BCUT2D eigenvalue weighted by Gasteiger charge is -2.64. The zero-order valence-electron chi connectivity index (χ0n) is 32.4. The third-order valence-electron chi connectivity index (χ3n) is 14.4. The van der Waals surface area contributed by atoms with Crippen LogP contribution in [0.1, 0.15) is 105 Å². The fourth-order valence-corrected chi connectivity index (χ4v) is 11.9. The van der Waals surface area contributed by atoms with Crippen LogP contribution >= 0.6 is 0 Å². The molecule has 1 amide bonds. The van der Waals surface area contributed by atoms with Gasteiger partial charge in [0.2, 0.25) is 5.91 Å². The SMILES string of the molecule is CC(=O)O[C@@H]1CC[C@@]2(C)[C@@H](C1)C[C@@H](OC(C)=O)[C@@H]1[C@@H]2C[C@H](OC(C)=O)[C@]2(C)[C@@H]([C@H](C)CCC(=O)N3CCN(C/C=C/c4ccccc4)CC3)CC[C@@H]12. The van der Waals surface area contributed by atoms with Gasteiger partial charge in [0, 0.05) is 71.2 Å². The summed E-state index contributed by atoms with van der Waals surface area (Å²) in [6, 6.07) is 10.3. The second-order valence-electron chi connectivity index (χ2n) is 17.3. The van der Waals surface area contributed by atoms with E-state index < -0.39 is 0 Å². The Hall–Kier alpha value is -3.20. The maximum Gasteiger partial charge on any atom is 0.302 e. The number of carbonyl (C=O) groups excluding carboxylic acids is 4. The van der Waals surface area contributed by atoms with Crippen molar-refractivity contribution in [1.82, 2.24) is 9.80 Å². The molecule has 0 spiro atoms. The van der Waals surface area contributed by atoms with E-state index in [0.29, 0.717) is 6.42 Å². The Labute approximate surface area is 311 Å². The van der Waals surface area contributed by atoms with E-state index in [9.17, 15) is 19.2 Å². The van der Waals surface area contributed by atoms with Crippen molar-refractivity contribution in [2.45, 2.75) is 118 Å². The van der Waals surface area contributed by atoms with E-state index in [2.05, 4.69) is 50.0 Å². The zero-order valence-corrected chi connectivity index (χ0v) is 32.4. The van der Waals surface area contributed by atoms with Crippen LogP contribution in [0, 0.1) is 46.3 Å². The lowest BCUT2D eigenvalue weighted by molar-refractivity contribution is -0.224. The molecule has 9 heteroatoms. The first-order valence-electron chi connectivity index (χ1n) is 20.0. The Morgan fingerprint density at radius 3 is 2.21 bits per heavy atom. The molecule has 9 nitrogen and oxygen atoms in total. The standard InChI is InChI=1S/C43H62N2O7/c1-28(14-17-40(49)45-23-21-44(22-24-45)20-10-13-32-11-8-7-9-12-32)35-15-16-36-41-37(27-39(43(35,36)6)52-31(4)48)42(5)19-18-34(50-29(2)46)25-33(42)26-38(41)51-30(3)47/h7-13,28,33-39,41H,14-27H2,1-6H3/b13-10+/t28-,33+,34-,35-,36+,37+,38-,39+,41+,42+,43-/m1/s1. The fraction of sp³-hybridized carbons (Fsp3) is 0.721. The number of piperazine rings is 1. The van der Waals surface area contributed by atoms with Gasteiger partial charge in [0.25, 0.3) is 0 Å². The van der Waals surface area contributed by atoms with Gasteiger partial charge in [0.15, 0.2) is 0 Å². The predicted octanol–water partition coefficient (Wildman–Crippen LogP) is 6.93. The van der Waals surface area contributed by atoms with Crippen LogP contribution in [0.4, 0.5) is 0 Å². The summed E-state index contributed by atoms with van der Waals surface area (Å²) in [5.74, 6) is 0.905. The largest absolute Gasteiger partial charge is 0.463 e. The van der Waals surface area contributed by atoms with Gasteiger partial charge >= 0.3 is 17.9 Å². The van der Waals surface area contributed by atoms with Crippen molar-refractivity contribution in [2.75, 3.05) is 32.7 Å². The molecule has 1 aromatic carbocycles. The number of nitrogens with zero attached hydrogens (tertiary/aromatic N) is 2. The van der Waals surface area contributed by atoms with E-state index in [0.717, 1.165) is 84.1 Å². The maximum atomic E-state index is 13.5. The van der Waals surface area contributed by atoms with Gasteiger partial charge in [-0.25, -0.2) is 0 Å². The molecule has 1 aliphatic heterocycles. The van der Waals surface area contributed by atoms with Crippen molar-refractivity contribution in [3.63, 3.8) is 0 Å². The van der Waals surface area contributed by atoms with Gasteiger partial charge in [-0.2, -0.15) is 0 Å². The minimum atomic E-state index is -0.287. The molecule has 0 aromatic heterocycles. The molecule has 1 aromatic rings. The quantitative estimate of drug-likeness (QED) is 0.190. The van der Waals surface area contributed by atoms with Crippen molar-refractivity contribution in [2.24, 2.45) is 46.3 Å². The van der Waals surface area contributed by atoms with Gasteiger partial charge in [0.05, 0.1) is 0 Å². The summed E-state index contributed by atoms with van der Waals surface area (Å²) >= 11 is 0. The van der Waals surface area contributed by atoms with Crippen LogP contribution in [0.15, 0.2) is 36.4 Å². The summed E-state index contributed by atoms with van der Waals surface area (Å²) in [5, 5.41) is 0. The van der Waals surface area contributed by atoms with Gasteiger partial charge in [-0.3, -0.25) is 24.1 Å². The van der Waals surface area contributed by atoms with Crippen molar-refractivity contribution in [1.29, 1.82) is 0 Å². The molecule has 0 N–H and O–H groups in total. The number of hydrogen-bond acceptors (Lipinski definition) is 8. The minimum absolute atomic E-state index is 0.0317. The molecule has 1 heterocycles. The molecular formula is C43H62N2O7. The molecule has 5 fully saturated rings. The summed E-state index contributed by atoms with van der Waals surface area (Å²) in [4.78, 5) is 55.2. The number of benzene rings is 1. The molecule has 1 saturated heterocycles. The van der Waals surface area contributed by atoms with Crippen LogP contribution in [0.25, 0.3) is 6.08 Å². The number of carbonyl (C=O) groups is 4. The Balaban J connectivity index is 1.12. The average Bonchev–Trinajstić information content (AvgIpc) is 3.46. The molecular weight excluding hydrogens is 656 g/mol. The van der Waals surface area contributed by atoms with Gasteiger partial charge < -0.3 is 19.1 Å². The highest BCUT2D eigenvalue weighted by atomic mass is 16.6. The molecule has 6 rings (SSSR count). The summed E-state index contributed by atoms with van der Waals surface area (Å²) in [6.45, 7) is 15.7. The fourth-order valence-electron chi connectivity index (χ4n) is 11.9. The zero-order chi connectivity index (χ0) is 37.2. The van der Waals surface area contributed by atoms with Crippen LogP contribution in [-0.2, 0) is 33.4 Å². The Morgan fingerprint density at radius 2 is 1.54 bits per heavy atom. The average molecular weight is 719 g/mol. The third kappa shape index (κ3) is 8.00. The molecule has 5 aliphatic rings.